The van der Waals surface area contributed by atoms with Gasteiger partial charge >= 0.3 is 0 Å². The number of hydrogen-bond acceptors (Lipinski definition) is 4. The first-order valence-corrected chi connectivity index (χ1v) is 7.32. The molecule has 0 saturated carbocycles. The van der Waals surface area contributed by atoms with Crippen molar-refractivity contribution in [3.8, 4) is 5.88 Å². The molecule has 0 saturated heterocycles. The van der Waals surface area contributed by atoms with Crippen molar-refractivity contribution >= 4 is 0 Å². The number of aromatic nitrogens is 2. The largest absolute Gasteiger partial charge is 0.481 e. The molecule has 0 bridgehead atoms. The van der Waals surface area contributed by atoms with Crippen molar-refractivity contribution in [1.82, 2.24) is 15.3 Å². The summed E-state index contributed by atoms with van der Waals surface area (Å²) in [5.41, 5.74) is 2.25. The molecule has 0 radical (unpaired) electrons. The average Bonchev–Trinajstić information content (AvgIpc) is 2.52. The third-order valence-electron chi connectivity index (χ3n) is 3.31. The number of methoxy groups -OCH3 is 1. The molecule has 1 atom stereocenters. The van der Waals surface area contributed by atoms with Crippen LogP contribution < -0.4 is 10.1 Å². The van der Waals surface area contributed by atoms with Crippen LogP contribution in [0.15, 0.2) is 42.7 Å². The molecule has 2 aromatic rings. The fraction of sp³-hybridized carbons (Fsp3) is 0.412. The van der Waals surface area contributed by atoms with Gasteiger partial charge in [-0.2, -0.15) is 0 Å². The second-order valence-electron chi connectivity index (χ2n) is 5.52. The van der Waals surface area contributed by atoms with Crippen LogP contribution in [0.5, 0.6) is 5.88 Å². The minimum absolute atomic E-state index is 0.255. The number of nitrogens with one attached hydrogen (secondary N) is 1. The van der Waals surface area contributed by atoms with Gasteiger partial charge in [0, 0.05) is 31.0 Å². The van der Waals surface area contributed by atoms with Crippen LogP contribution in [0.2, 0.25) is 0 Å². The summed E-state index contributed by atoms with van der Waals surface area (Å²) in [7, 11) is 1.63. The zero-order valence-electron chi connectivity index (χ0n) is 12.9. The van der Waals surface area contributed by atoms with E-state index in [2.05, 4.69) is 35.2 Å². The molecule has 0 aliphatic heterocycles. The van der Waals surface area contributed by atoms with Crippen molar-refractivity contribution < 1.29 is 4.74 Å². The van der Waals surface area contributed by atoms with Crippen molar-refractivity contribution in [3.63, 3.8) is 0 Å². The molecule has 112 valence electrons. The highest BCUT2D eigenvalue weighted by Gasteiger charge is 2.14. The summed E-state index contributed by atoms with van der Waals surface area (Å²) in [5, 5.41) is 3.59. The Kier molecular flexibility index (Phi) is 5.69. The Labute approximate surface area is 126 Å². The number of pyridine rings is 2. The van der Waals surface area contributed by atoms with Crippen molar-refractivity contribution in [3.05, 3.63) is 54.0 Å². The van der Waals surface area contributed by atoms with Crippen molar-refractivity contribution in [2.75, 3.05) is 7.11 Å². The van der Waals surface area contributed by atoms with E-state index in [0.717, 1.165) is 24.2 Å². The van der Waals surface area contributed by atoms with Crippen molar-refractivity contribution in [2.45, 2.75) is 32.9 Å². The standard InChI is InChI=1S/C17H23N3O/c1-13(2)10-16(15-6-4-5-8-18-15)20-12-14-7-9-19-17(11-14)21-3/h4-9,11,13,16,20H,10,12H2,1-3H3/t16-/m1/s1. The van der Waals surface area contributed by atoms with Crippen LogP contribution in [0.4, 0.5) is 0 Å². The predicted molar refractivity (Wildman–Crippen MR) is 84.1 cm³/mol. The monoisotopic (exact) mass is 285 g/mol. The number of rotatable bonds is 7. The van der Waals surface area contributed by atoms with Gasteiger partial charge < -0.3 is 10.1 Å². The minimum atomic E-state index is 0.255. The zero-order chi connectivity index (χ0) is 15.1. The molecular weight excluding hydrogens is 262 g/mol. The predicted octanol–water partition coefficient (Wildman–Crippen LogP) is 3.36. The van der Waals surface area contributed by atoms with Gasteiger partial charge in [-0.1, -0.05) is 19.9 Å². The third kappa shape index (κ3) is 4.83. The fourth-order valence-corrected chi connectivity index (χ4v) is 2.28. The van der Waals surface area contributed by atoms with Crippen molar-refractivity contribution in [2.24, 2.45) is 5.92 Å². The summed E-state index contributed by atoms with van der Waals surface area (Å²) in [5.74, 6) is 1.25. The molecule has 0 amide bonds. The summed E-state index contributed by atoms with van der Waals surface area (Å²) < 4.78 is 5.16. The smallest absolute Gasteiger partial charge is 0.213 e. The Bertz CT molecular complexity index is 543. The van der Waals surface area contributed by atoms with Crippen LogP contribution in [0, 0.1) is 5.92 Å². The van der Waals surface area contributed by atoms with Gasteiger partial charge in [0.25, 0.3) is 0 Å². The first kappa shape index (κ1) is 15.4. The van der Waals surface area contributed by atoms with Crippen molar-refractivity contribution in [1.29, 1.82) is 0 Å². The van der Waals surface area contributed by atoms with E-state index in [1.54, 1.807) is 13.3 Å². The molecule has 0 spiro atoms. The summed E-state index contributed by atoms with van der Waals surface area (Å²) in [6.45, 7) is 5.23. The summed E-state index contributed by atoms with van der Waals surface area (Å²) in [4.78, 5) is 8.61. The van der Waals surface area contributed by atoms with E-state index >= 15 is 0 Å². The number of ether oxygens (including phenoxy) is 1. The Morgan fingerprint density at radius 1 is 1.14 bits per heavy atom. The lowest BCUT2D eigenvalue weighted by atomic mass is 10.0. The molecule has 1 N–H and O–H groups in total. The zero-order valence-corrected chi connectivity index (χ0v) is 12.9. The lowest BCUT2D eigenvalue weighted by molar-refractivity contribution is 0.395. The fourth-order valence-electron chi connectivity index (χ4n) is 2.28. The molecule has 4 heteroatoms. The molecule has 0 fully saturated rings. The molecule has 0 aliphatic rings. The van der Waals surface area contributed by atoms with Crippen LogP contribution >= 0.6 is 0 Å². The molecule has 2 rings (SSSR count). The quantitative estimate of drug-likeness (QED) is 0.847. The van der Waals surface area contributed by atoms with Gasteiger partial charge in [0.1, 0.15) is 0 Å². The lowest BCUT2D eigenvalue weighted by Crippen LogP contribution is -2.23. The lowest BCUT2D eigenvalue weighted by Gasteiger charge is -2.20. The first-order valence-electron chi connectivity index (χ1n) is 7.32. The van der Waals surface area contributed by atoms with E-state index < -0.39 is 0 Å². The molecule has 2 aromatic heterocycles. The Hall–Kier alpha value is -1.94. The van der Waals surface area contributed by atoms with Gasteiger partial charge in [-0.05, 0) is 36.1 Å². The Morgan fingerprint density at radius 2 is 2.00 bits per heavy atom. The SMILES string of the molecule is COc1cc(CN[C@H](CC(C)C)c2ccccn2)ccn1. The molecule has 4 nitrogen and oxygen atoms in total. The van der Waals surface area contributed by atoms with Gasteiger partial charge in [-0.15, -0.1) is 0 Å². The molecular formula is C17H23N3O. The van der Waals surface area contributed by atoms with Crippen LogP contribution in [0.3, 0.4) is 0 Å². The summed E-state index contributed by atoms with van der Waals surface area (Å²) >= 11 is 0. The summed E-state index contributed by atoms with van der Waals surface area (Å²) in [6, 6.07) is 10.3. The minimum Gasteiger partial charge on any atom is -0.481 e. The van der Waals surface area contributed by atoms with Crippen LogP contribution in [0.25, 0.3) is 0 Å². The van der Waals surface area contributed by atoms with E-state index in [1.807, 2.05) is 30.5 Å². The highest BCUT2D eigenvalue weighted by molar-refractivity contribution is 5.20. The van der Waals surface area contributed by atoms with Gasteiger partial charge in [0.2, 0.25) is 5.88 Å². The topological polar surface area (TPSA) is 47.0 Å². The number of nitrogens with zero attached hydrogens (tertiary/aromatic N) is 2. The maximum absolute atomic E-state index is 5.16. The van der Waals surface area contributed by atoms with Gasteiger partial charge in [0.15, 0.2) is 0 Å². The van der Waals surface area contributed by atoms with E-state index in [-0.39, 0.29) is 6.04 Å². The molecule has 0 aliphatic carbocycles. The van der Waals surface area contributed by atoms with Gasteiger partial charge in [-0.3, -0.25) is 4.98 Å². The van der Waals surface area contributed by atoms with Crippen LogP contribution in [0.1, 0.15) is 37.6 Å². The van der Waals surface area contributed by atoms with Crippen LogP contribution in [-0.4, -0.2) is 17.1 Å². The molecule has 2 heterocycles. The van der Waals surface area contributed by atoms with E-state index in [4.69, 9.17) is 4.74 Å². The van der Waals surface area contributed by atoms with Gasteiger partial charge in [-0.25, -0.2) is 4.98 Å². The maximum Gasteiger partial charge on any atom is 0.213 e. The maximum atomic E-state index is 5.16. The second-order valence-corrected chi connectivity index (χ2v) is 5.52. The highest BCUT2D eigenvalue weighted by atomic mass is 16.5. The molecule has 21 heavy (non-hydrogen) atoms. The number of hydrogen-bond donors (Lipinski definition) is 1. The van der Waals surface area contributed by atoms with Crippen LogP contribution in [-0.2, 0) is 6.54 Å². The van der Waals surface area contributed by atoms with E-state index in [0.29, 0.717) is 11.8 Å². The van der Waals surface area contributed by atoms with E-state index in [9.17, 15) is 0 Å². The second kappa shape index (κ2) is 7.74. The Balaban J connectivity index is 2.05. The normalized spacial score (nSPS) is 12.4. The first-order chi connectivity index (χ1) is 10.2. The molecule has 0 unspecified atom stereocenters. The Morgan fingerprint density at radius 3 is 2.67 bits per heavy atom. The van der Waals surface area contributed by atoms with Gasteiger partial charge in [0.05, 0.1) is 12.8 Å². The molecule has 0 aromatic carbocycles. The third-order valence-corrected chi connectivity index (χ3v) is 3.31. The highest BCUT2D eigenvalue weighted by Crippen LogP contribution is 2.20. The van der Waals surface area contributed by atoms with E-state index in [1.165, 1.54) is 0 Å². The average molecular weight is 285 g/mol. The summed E-state index contributed by atoms with van der Waals surface area (Å²) in [6.07, 6.45) is 4.67.